The molecule has 0 radical (unpaired) electrons. The number of rotatable bonds is 4. The Hall–Kier alpha value is -3.14. The van der Waals surface area contributed by atoms with Crippen molar-refractivity contribution >= 4 is 38.3 Å². The lowest BCUT2D eigenvalue weighted by molar-refractivity contribution is -0.742. The summed E-state index contributed by atoms with van der Waals surface area (Å²) in [6.45, 7) is 0. The van der Waals surface area contributed by atoms with Gasteiger partial charge in [-0.05, 0) is 24.3 Å². The lowest BCUT2D eigenvalue weighted by Crippen LogP contribution is -1.97. The molecule has 2 N–H and O–H groups in total. The summed E-state index contributed by atoms with van der Waals surface area (Å²) >= 11 is 3.46. The Morgan fingerprint density at radius 1 is 1.15 bits per heavy atom. The molecule has 0 amide bonds. The predicted octanol–water partition coefficient (Wildman–Crippen LogP) is 3.81. The van der Waals surface area contributed by atoms with Crippen LogP contribution in [-0.2, 0) is 0 Å². The monoisotopic (exact) mass is 422 g/mol. The van der Waals surface area contributed by atoms with Crippen LogP contribution in [0, 0.1) is 10.1 Å². The number of aromatic nitrogens is 2. The van der Waals surface area contributed by atoms with Crippen molar-refractivity contribution in [3.05, 3.63) is 57.3 Å². The summed E-state index contributed by atoms with van der Waals surface area (Å²) in [5, 5.41) is 17.8. The molecule has 10 heteroatoms. The van der Waals surface area contributed by atoms with E-state index >= 15 is 0 Å². The van der Waals surface area contributed by atoms with Gasteiger partial charge in [0, 0.05) is 21.6 Å². The minimum absolute atomic E-state index is 0.641. The SMILES string of the molecule is COc1cc2ncnc(Nc3cccc(Br)c3)c2cc1OC.O=[N+]([O-])O. The highest BCUT2D eigenvalue weighted by Gasteiger charge is 2.11. The number of hydrogen-bond donors (Lipinski definition) is 2. The molecule has 9 nitrogen and oxygen atoms in total. The summed E-state index contributed by atoms with van der Waals surface area (Å²) in [4.78, 5) is 17.0. The zero-order valence-electron chi connectivity index (χ0n) is 13.8. The average molecular weight is 423 g/mol. The molecule has 0 saturated heterocycles. The highest BCUT2D eigenvalue weighted by Crippen LogP contribution is 2.34. The first-order chi connectivity index (χ1) is 12.4. The molecule has 2 aromatic carbocycles. The van der Waals surface area contributed by atoms with Crippen LogP contribution in [-0.4, -0.2) is 34.5 Å². The normalized spacial score (nSPS) is 9.81. The second-order valence-corrected chi connectivity index (χ2v) is 5.74. The number of fused-ring (bicyclic) bond motifs is 1. The number of ether oxygens (including phenoxy) is 2. The van der Waals surface area contributed by atoms with Crippen LogP contribution in [0.25, 0.3) is 10.9 Å². The Morgan fingerprint density at radius 3 is 2.42 bits per heavy atom. The largest absolute Gasteiger partial charge is 0.493 e. The highest BCUT2D eigenvalue weighted by molar-refractivity contribution is 9.10. The van der Waals surface area contributed by atoms with Crippen LogP contribution in [0.15, 0.2) is 47.2 Å². The number of benzene rings is 2. The fourth-order valence-electron chi connectivity index (χ4n) is 2.19. The number of anilines is 2. The molecule has 0 unspecified atom stereocenters. The average Bonchev–Trinajstić information content (AvgIpc) is 2.60. The van der Waals surface area contributed by atoms with Gasteiger partial charge >= 0.3 is 0 Å². The topological polar surface area (TPSA) is 120 Å². The van der Waals surface area contributed by atoms with E-state index in [9.17, 15) is 0 Å². The van der Waals surface area contributed by atoms with Crippen LogP contribution in [0.3, 0.4) is 0 Å². The molecule has 26 heavy (non-hydrogen) atoms. The van der Waals surface area contributed by atoms with E-state index in [2.05, 4.69) is 31.2 Å². The number of methoxy groups -OCH3 is 2. The Morgan fingerprint density at radius 2 is 1.81 bits per heavy atom. The molecule has 0 spiro atoms. The van der Waals surface area contributed by atoms with Crippen molar-refractivity contribution in [2.45, 2.75) is 0 Å². The van der Waals surface area contributed by atoms with E-state index in [1.807, 2.05) is 36.4 Å². The summed E-state index contributed by atoms with van der Waals surface area (Å²) in [5.74, 6) is 1.99. The fraction of sp³-hybridized carbons (Fsp3) is 0.125. The summed E-state index contributed by atoms with van der Waals surface area (Å²) in [7, 11) is 3.21. The maximum Gasteiger partial charge on any atom is 0.291 e. The molecule has 136 valence electrons. The Bertz CT molecular complexity index is 918. The van der Waals surface area contributed by atoms with Crippen molar-refractivity contribution < 1.29 is 19.8 Å². The maximum atomic E-state index is 8.36. The summed E-state index contributed by atoms with van der Waals surface area (Å²) in [5.41, 5.74) is 1.72. The van der Waals surface area contributed by atoms with Gasteiger partial charge in [-0.15, -0.1) is 10.1 Å². The first-order valence-electron chi connectivity index (χ1n) is 7.17. The smallest absolute Gasteiger partial charge is 0.291 e. The zero-order chi connectivity index (χ0) is 19.1. The van der Waals surface area contributed by atoms with Crippen molar-refractivity contribution in [2.24, 2.45) is 0 Å². The second-order valence-electron chi connectivity index (χ2n) is 4.82. The number of nitrogens with zero attached hydrogens (tertiary/aromatic N) is 3. The van der Waals surface area contributed by atoms with Gasteiger partial charge in [0.15, 0.2) is 11.5 Å². The molecule has 0 fully saturated rings. The predicted molar refractivity (Wildman–Crippen MR) is 98.8 cm³/mol. The van der Waals surface area contributed by atoms with Crippen molar-refractivity contribution in [2.75, 3.05) is 19.5 Å². The minimum Gasteiger partial charge on any atom is -0.493 e. The van der Waals surface area contributed by atoms with Gasteiger partial charge in [0.25, 0.3) is 5.09 Å². The molecule has 1 heterocycles. The summed E-state index contributed by atoms with van der Waals surface area (Å²) in [6.07, 6.45) is 1.52. The number of nitrogens with one attached hydrogen (secondary N) is 1. The van der Waals surface area contributed by atoms with Crippen LogP contribution < -0.4 is 14.8 Å². The molecule has 0 atom stereocenters. The minimum atomic E-state index is -1.50. The van der Waals surface area contributed by atoms with Crippen LogP contribution in [0.4, 0.5) is 11.5 Å². The van der Waals surface area contributed by atoms with Crippen LogP contribution in [0.2, 0.25) is 0 Å². The highest BCUT2D eigenvalue weighted by atomic mass is 79.9. The third-order valence-corrected chi connectivity index (χ3v) is 3.72. The number of halogens is 1. The molecular weight excluding hydrogens is 408 g/mol. The molecule has 3 rings (SSSR count). The molecule has 1 aromatic heterocycles. The first kappa shape index (κ1) is 19.2. The molecular formula is C16H15BrN4O5. The molecule has 0 aliphatic heterocycles. The van der Waals surface area contributed by atoms with Gasteiger partial charge < -0.3 is 20.0 Å². The first-order valence-corrected chi connectivity index (χ1v) is 7.96. The zero-order valence-corrected chi connectivity index (χ0v) is 15.4. The lowest BCUT2D eigenvalue weighted by Gasteiger charge is -2.12. The molecule has 0 saturated carbocycles. The standard InChI is InChI=1S/C16H14BrN3O2.HNO3/c1-21-14-7-12-13(8-15(14)22-2)18-9-19-16(12)20-11-5-3-4-10(17)6-11;2-1(3)4/h3-9H,1-2H3,(H,18,19,20);(H,2,3,4). The van der Waals surface area contributed by atoms with Crippen molar-refractivity contribution in [3.63, 3.8) is 0 Å². The van der Waals surface area contributed by atoms with E-state index in [0.717, 1.165) is 21.1 Å². The van der Waals surface area contributed by atoms with Crippen LogP contribution in [0.1, 0.15) is 0 Å². The van der Waals surface area contributed by atoms with Gasteiger partial charge in [-0.2, -0.15) is 0 Å². The second kappa shape index (κ2) is 8.81. The summed E-state index contributed by atoms with van der Waals surface area (Å²) in [6, 6.07) is 11.6. The van der Waals surface area contributed by atoms with Crippen molar-refractivity contribution in [1.82, 2.24) is 9.97 Å². The maximum absolute atomic E-state index is 8.36. The third-order valence-electron chi connectivity index (χ3n) is 3.23. The quantitative estimate of drug-likeness (QED) is 0.480. The van der Waals surface area contributed by atoms with E-state index in [4.69, 9.17) is 24.8 Å². The molecule has 3 aromatic rings. The van der Waals surface area contributed by atoms with E-state index in [-0.39, 0.29) is 0 Å². The number of hydrogen-bond acceptors (Lipinski definition) is 7. The van der Waals surface area contributed by atoms with Crippen LogP contribution in [0.5, 0.6) is 11.5 Å². The van der Waals surface area contributed by atoms with E-state index in [1.54, 1.807) is 14.2 Å². The Labute approximate surface area is 156 Å². The molecule has 0 bridgehead atoms. The molecule has 0 aliphatic carbocycles. The van der Waals surface area contributed by atoms with Crippen molar-refractivity contribution in [1.29, 1.82) is 0 Å². The Balaban J connectivity index is 0.000000552. The van der Waals surface area contributed by atoms with Gasteiger partial charge in [-0.3, -0.25) is 0 Å². The van der Waals surface area contributed by atoms with E-state index < -0.39 is 5.09 Å². The van der Waals surface area contributed by atoms with Crippen molar-refractivity contribution in [3.8, 4) is 11.5 Å². The lowest BCUT2D eigenvalue weighted by atomic mass is 10.2. The van der Waals surface area contributed by atoms with Gasteiger partial charge in [0.1, 0.15) is 12.1 Å². The van der Waals surface area contributed by atoms with E-state index in [0.29, 0.717) is 17.3 Å². The summed E-state index contributed by atoms with van der Waals surface area (Å²) < 4.78 is 11.7. The Kier molecular flexibility index (Phi) is 6.50. The van der Waals surface area contributed by atoms with Gasteiger partial charge in [-0.1, -0.05) is 22.0 Å². The fourth-order valence-corrected chi connectivity index (χ4v) is 2.58. The van der Waals surface area contributed by atoms with E-state index in [1.165, 1.54) is 6.33 Å². The van der Waals surface area contributed by atoms with Crippen LogP contribution >= 0.6 is 15.9 Å². The van der Waals surface area contributed by atoms with Gasteiger partial charge in [-0.25, -0.2) is 9.97 Å². The third kappa shape index (κ3) is 4.93. The van der Waals surface area contributed by atoms with Gasteiger partial charge in [0.2, 0.25) is 0 Å². The van der Waals surface area contributed by atoms with Gasteiger partial charge in [0.05, 0.1) is 19.7 Å². The molecule has 0 aliphatic rings.